The van der Waals surface area contributed by atoms with Crippen molar-refractivity contribution in [2.75, 3.05) is 20.3 Å². The highest BCUT2D eigenvalue weighted by atomic mass is 16.5. The fourth-order valence-electron chi connectivity index (χ4n) is 1.58. The van der Waals surface area contributed by atoms with Gasteiger partial charge in [-0.1, -0.05) is 0 Å². The lowest BCUT2D eigenvalue weighted by Crippen LogP contribution is -2.11. The summed E-state index contributed by atoms with van der Waals surface area (Å²) in [4.78, 5) is 20.4. The first-order valence-electron chi connectivity index (χ1n) is 7.45. The Morgan fingerprint density at radius 3 is 2.23 bits per heavy atom. The predicted octanol–water partition coefficient (Wildman–Crippen LogP) is 2.50. The second kappa shape index (κ2) is 15.6. The van der Waals surface area contributed by atoms with Crippen molar-refractivity contribution in [3.8, 4) is 12.8 Å². The van der Waals surface area contributed by atoms with Gasteiger partial charge in [0, 0.05) is 13.0 Å². The Labute approximate surface area is 133 Å². The van der Waals surface area contributed by atoms with Crippen LogP contribution in [0.3, 0.4) is 0 Å². The van der Waals surface area contributed by atoms with Crippen molar-refractivity contribution in [3.63, 3.8) is 0 Å². The monoisotopic (exact) mass is 315 g/mol. The molecule has 0 saturated heterocycles. The Hall–Kier alpha value is -1.74. The molecule has 1 amide bonds. The van der Waals surface area contributed by atoms with Gasteiger partial charge in [0.1, 0.15) is 0 Å². The molecule has 0 bridgehead atoms. The summed E-state index contributed by atoms with van der Waals surface area (Å²) in [6.07, 6.45) is 12.7. The maximum Gasteiger partial charge on any atom is 0.404 e. The Balaban J connectivity index is 0. The fraction of sp³-hybridized carbons (Fsp3) is 0.750. The third-order valence-electron chi connectivity index (χ3n) is 2.95. The number of rotatable bonds is 8. The van der Waals surface area contributed by atoms with Gasteiger partial charge in [0.25, 0.3) is 0 Å². The summed E-state index contributed by atoms with van der Waals surface area (Å²) < 4.78 is 14.4. The van der Waals surface area contributed by atoms with Crippen LogP contribution in [0.5, 0.6) is 0 Å². The number of hydrogen-bond acceptors (Lipinski definition) is 5. The molecule has 0 aliphatic heterocycles. The summed E-state index contributed by atoms with van der Waals surface area (Å²) in [5.41, 5.74) is 4.43. The Morgan fingerprint density at radius 1 is 1.27 bits per heavy atom. The van der Waals surface area contributed by atoms with E-state index in [9.17, 15) is 9.59 Å². The summed E-state index contributed by atoms with van der Waals surface area (Å²) in [6.45, 7) is 5.23. The summed E-state index contributed by atoms with van der Waals surface area (Å²) in [5.74, 6) is 0.711. The second-order valence-corrected chi connectivity index (χ2v) is 4.70. The number of esters is 1. The number of primary amides is 1. The minimum Gasteiger partial charge on any atom is -0.466 e. The van der Waals surface area contributed by atoms with Crippen LogP contribution in [0.2, 0.25) is 0 Å². The van der Waals surface area contributed by atoms with Crippen LogP contribution >= 0.6 is 0 Å². The first-order chi connectivity index (χ1) is 10.5. The number of hydrogen-bond donors (Lipinski definition) is 1. The molecule has 1 atom stereocenters. The third kappa shape index (κ3) is 16.3. The van der Waals surface area contributed by atoms with Gasteiger partial charge in [-0.15, -0.1) is 12.8 Å². The standard InChI is InChI=1S/C12H22O3.C2H5NO2.C2H2/c1-3-14-12(13)6-4-5-9-15-10(2)11-7-8-11;1-5-2(3)4;1-2/h10-11H,3-9H2,1-2H3;1H3,(H2,3,4);1-2H. The van der Waals surface area contributed by atoms with Gasteiger partial charge < -0.3 is 19.9 Å². The number of methoxy groups -OCH3 is 1. The predicted molar refractivity (Wildman–Crippen MR) is 85.1 cm³/mol. The molecule has 1 saturated carbocycles. The minimum atomic E-state index is -0.745. The zero-order valence-corrected chi connectivity index (χ0v) is 13.9. The van der Waals surface area contributed by atoms with Crippen molar-refractivity contribution in [1.82, 2.24) is 0 Å². The van der Waals surface area contributed by atoms with Gasteiger partial charge in [-0.3, -0.25) is 4.79 Å². The van der Waals surface area contributed by atoms with Crippen molar-refractivity contribution in [1.29, 1.82) is 0 Å². The summed E-state index contributed by atoms with van der Waals surface area (Å²) in [5, 5.41) is 0. The maximum atomic E-state index is 11.0. The molecule has 22 heavy (non-hydrogen) atoms. The first kappa shape index (κ1) is 22.5. The van der Waals surface area contributed by atoms with E-state index in [2.05, 4.69) is 30.2 Å². The van der Waals surface area contributed by atoms with Crippen LogP contribution in [0.25, 0.3) is 0 Å². The topological polar surface area (TPSA) is 87.8 Å². The molecular formula is C16H29NO5. The number of ether oxygens (including phenoxy) is 3. The Bertz CT molecular complexity index is 313. The normalized spacial score (nSPS) is 13.5. The lowest BCUT2D eigenvalue weighted by Gasteiger charge is -2.11. The second-order valence-electron chi connectivity index (χ2n) is 4.70. The fourth-order valence-corrected chi connectivity index (χ4v) is 1.58. The van der Waals surface area contributed by atoms with Gasteiger partial charge in [-0.25, -0.2) is 4.79 Å². The number of carbonyl (C=O) groups excluding carboxylic acids is 2. The van der Waals surface area contributed by atoms with E-state index in [0.29, 0.717) is 19.1 Å². The average Bonchev–Trinajstić information content (AvgIpc) is 3.34. The van der Waals surface area contributed by atoms with Gasteiger partial charge in [-0.2, -0.15) is 0 Å². The van der Waals surface area contributed by atoms with Crippen LogP contribution < -0.4 is 5.73 Å². The highest BCUT2D eigenvalue weighted by Gasteiger charge is 2.28. The molecule has 1 aliphatic carbocycles. The molecule has 6 nitrogen and oxygen atoms in total. The summed E-state index contributed by atoms with van der Waals surface area (Å²) >= 11 is 0. The molecule has 1 rings (SSSR count). The van der Waals surface area contributed by atoms with Gasteiger partial charge in [-0.05, 0) is 45.4 Å². The molecule has 1 aliphatic rings. The molecule has 0 aromatic carbocycles. The van der Waals surface area contributed by atoms with Crippen molar-refractivity contribution >= 4 is 12.1 Å². The van der Waals surface area contributed by atoms with Crippen LogP contribution in [0.1, 0.15) is 46.0 Å². The van der Waals surface area contributed by atoms with E-state index >= 15 is 0 Å². The van der Waals surface area contributed by atoms with Crippen LogP contribution in [-0.4, -0.2) is 38.5 Å². The third-order valence-corrected chi connectivity index (χ3v) is 2.95. The quantitative estimate of drug-likeness (QED) is 0.422. The summed E-state index contributed by atoms with van der Waals surface area (Å²) in [7, 11) is 1.22. The van der Waals surface area contributed by atoms with Gasteiger partial charge >= 0.3 is 12.1 Å². The molecule has 6 heteroatoms. The smallest absolute Gasteiger partial charge is 0.404 e. The van der Waals surface area contributed by atoms with E-state index in [-0.39, 0.29) is 5.97 Å². The lowest BCUT2D eigenvalue weighted by atomic mass is 10.2. The molecule has 0 heterocycles. The van der Waals surface area contributed by atoms with Crippen LogP contribution in [0.4, 0.5) is 4.79 Å². The van der Waals surface area contributed by atoms with Gasteiger partial charge in [0.2, 0.25) is 0 Å². The number of amides is 1. The molecule has 0 aromatic heterocycles. The minimum absolute atomic E-state index is 0.0901. The highest BCUT2D eigenvalue weighted by molar-refractivity contribution is 5.69. The molecule has 1 unspecified atom stereocenters. The van der Waals surface area contributed by atoms with E-state index < -0.39 is 6.09 Å². The molecule has 1 fully saturated rings. The number of terminal acetylenes is 1. The zero-order valence-electron chi connectivity index (χ0n) is 13.9. The van der Waals surface area contributed by atoms with Crippen LogP contribution in [0.15, 0.2) is 0 Å². The SMILES string of the molecule is C#C.CCOC(=O)CCCCOC(C)C1CC1.COC(N)=O. The van der Waals surface area contributed by atoms with E-state index in [0.717, 1.165) is 25.4 Å². The van der Waals surface area contributed by atoms with E-state index in [1.165, 1.54) is 20.0 Å². The van der Waals surface area contributed by atoms with Gasteiger partial charge in [0.05, 0.1) is 19.8 Å². The van der Waals surface area contributed by atoms with E-state index in [1.807, 2.05) is 6.92 Å². The molecular weight excluding hydrogens is 286 g/mol. The first-order valence-corrected chi connectivity index (χ1v) is 7.45. The molecule has 2 N–H and O–H groups in total. The number of nitrogens with two attached hydrogens (primary N) is 1. The maximum absolute atomic E-state index is 11.0. The largest absolute Gasteiger partial charge is 0.466 e. The Kier molecular flexibility index (Phi) is 16.0. The van der Waals surface area contributed by atoms with Crippen molar-refractivity contribution in [2.24, 2.45) is 11.7 Å². The van der Waals surface area contributed by atoms with Crippen LogP contribution in [-0.2, 0) is 19.0 Å². The summed E-state index contributed by atoms with van der Waals surface area (Å²) in [6, 6.07) is 0. The highest BCUT2D eigenvalue weighted by Crippen LogP contribution is 2.33. The Morgan fingerprint density at radius 2 is 1.82 bits per heavy atom. The van der Waals surface area contributed by atoms with E-state index in [4.69, 9.17) is 9.47 Å². The van der Waals surface area contributed by atoms with E-state index in [1.54, 1.807) is 0 Å². The lowest BCUT2D eigenvalue weighted by molar-refractivity contribution is -0.143. The van der Waals surface area contributed by atoms with Gasteiger partial charge in [0.15, 0.2) is 0 Å². The molecule has 128 valence electrons. The molecule has 0 spiro atoms. The zero-order chi connectivity index (χ0) is 17.4. The molecule has 0 aromatic rings. The van der Waals surface area contributed by atoms with Crippen LogP contribution in [0, 0.1) is 18.8 Å². The number of carbonyl (C=O) groups is 2. The average molecular weight is 315 g/mol. The van der Waals surface area contributed by atoms with Crippen molar-refractivity contribution in [2.45, 2.75) is 52.1 Å². The van der Waals surface area contributed by atoms with Crippen molar-refractivity contribution in [3.05, 3.63) is 0 Å². The molecule has 0 radical (unpaired) electrons. The number of unbranched alkanes of at least 4 members (excludes halogenated alkanes) is 1. The van der Waals surface area contributed by atoms with Crippen molar-refractivity contribution < 1.29 is 23.8 Å².